The molecular formula is C10H14ClF2NO. The Bertz CT molecular complexity index is 320. The number of nitrogens with two attached hydrogens (primary N) is 1. The summed E-state index contributed by atoms with van der Waals surface area (Å²) in [5, 5.41) is 9.59. The highest BCUT2D eigenvalue weighted by Gasteiger charge is 2.21. The third-order valence-electron chi connectivity index (χ3n) is 2.16. The zero-order valence-electron chi connectivity index (χ0n) is 8.28. The maximum atomic E-state index is 12.3. The lowest BCUT2D eigenvalue weighted by Gasteiger charge is -2.14. The molecule has 0 unspecified atom stereocenters. The molecule has 0 radical (unpaired) electrons. The highest BCUT2D eigenvalue weighted by atomic mass is 35.5. The van der Waals surface area contributed by atoms with E-state index in [9.17, 15) is 13.9 Å². The highest BCUT2D eigenvalue weighted by molar-refractivity contribution is 5.85. The van der Waals surface area contributed by atoms with E-state index in [-0.39, 0.29) is 23.7 Å². The van der Waals surface area contributed by atoms with Crippen molar-refractivity contribution in [3.63, 3.8) is 0 Å². The predicted molar refractivity (Wildman–Crippen MR) is 57.7 cm³/mol. The van der Waals surface area contributed by atoms with Crippen LogP contribution in [0.25, 0.3) is 0 Å². The number of phenolic OH excluding ortho intramolecular Hbond substituents is 1. The summed E-state index contributed by atoms with van der Waals surface area (Å²) < 4.78 is 24.6. The smallest absolute Gasteiger partial charge is 0.257 e. The lowest BCUT2D eigenvalue weighted by Crippen LogP contribution is -2.19. The van der Waals surface area contributed by atoms with Crippen molar-refractivity contribution in [1.29, 1.82) is 0 Å². The maximum absolute atomic E-state index is 12.3. The molecule has 0 fully saturated rings. The largest absolute Gasteiger partial charge is 0.507 e. The van der Waals surface area contributed by atoms with Gasteiger partial charge >= 0.3 is 0 Å². The Labute approximate surface area is 93.5 Å². The summed E-state index contributed by atoms with van der Waals surface area (Å²) in [7, 11) is 0. The van der Waals surface area contributed by atoms with Gasteiger partial charge in [-0.05, 0) is 12.0 Å². The number of benzene rings is 1. The van der Waals surface area contributed by atoms with E-state index in [0.29, 0.717) is 12.0 Å². The molecule has 0 saturated carbocycles. The molecule has 86 valence electrons. The summed E-state index contributed by atoms with van der Waals surface area (Å²) in [6.07, 6.45) is -2.07. The molecule has 3 N–H and O–H groups in total. The van der Waals surface area contributed by atoms with Gasteiger partial charge in [0.25, 0.3) is 6.43 Å². The number of halogens is 3. The van der Waals surface area contributed by atoms with Crippen LogP contribution in [0, 0.1) is 0 Å². The number of aromatic hydroxyl groups is 1. The molecule has 5 heteroatoms. The van der Waals surface area contributed by atoms with Gasteiger partial charge in [0, 0.05) is 5.56 Å². The first-order chi connectivity index (χ1) is 6.57. The molecule has 0 aromatic heterocycles. The molecule has 2 nitrogen and oxygen atoms in total. The molecule has 0 saturated heterocycles. The minimum atomic E-state index is -2.66. The molecule has 1 aromatic carbocycles. The van der Waals surface area contributed by atoms with Gasteiger partial charge in [-0.3, -0.25) is 0 Å². The van der Waals surface area contributed by atoms with Crippen molar-refractivity contribution < 1.29 is 13.9 Å². The van der Waals surface area contributed by atoms with Crippen LogP contribution in [0.3, 0.4) is 0 Å². The molecule has 1 aromatic rings. The Balaban J connectivity index is 0.00000196. The zero-order valence-corrected chi connectivity index (χ0v) is 9.10. The third kappa shape index (κ3) is 3.04. The molecule has 0 spiro atoms. The van der Waals surface area contributed by atoms with Crippen molar-refractivity contribution in [1.82, 2.24) is 0 Å². The third-order valence-corrected chi connectivity index (χ3v) is 2.16. The van der Waals surface area contributed by atoms with E-state index < -0.39 is 12.5 Å². The average molecular weight is 238 g/mol. The van der Waals surface area contributed by atoms with Crippen molar-refractivity contribution in [2.75, 3.05) is 0 Å². The number of para-hydroxylation sites is 1. The predicted octanol–water partition coefficient (Wildman–Crippen LogP) is 2.64. The topological polar surface area (TPSA) is 46.2 Å². The van der Waals surface area contributed by atoms with E-state index in [1.807, 2.05) is 6.92 Å². The van der Waals surface area contributed by atoms with Crippen LogP contribution >= 0.6 is 12.4 Å². The van der Waals surface area contributed by atoms with E-state index in [2.05, 4.69) is 0 Å². The van der Waals surface area contributed by atoms with Crippen LogP contribution in [0.4, 0.5) is 8.78 Å². The van der Waals surface area contributed by atoms with Gasteiger partial charge in [-0.15, -0.1) is 12.4 Å². The van der Waals surface area contributed by atoms with Gasteiger partial charge in [0.15, 0.2) is 0 Å². The number of aryl methyl sites for hydroxylation is 1. The van der Waals surface area contributed by atoms with Crippen LogP contribution in [-0.4, -0.2) is 11.5 Å². The van der Waals surface area contributed by atoms with Crippen LogP contribution in [0.15, 0.2) is 18.2 Å². The van der Waals surface area contributed by atoms with Gasteiger partial charge < -0.3 is 10.8 Å². The van der Waals surface area contributed by atoms with Crippen molar-refractivity contribution >= 4 is 12.4 Å². The molecule has 0 amide bonds. The fourth-order valence-corrected chi connectivity index (χ4v) is 1.30. The monoisotopic (exact) mass is 237 g/mol. The van der Waals surface area contributed by atoms with Gasteiger partial charge in [0.1, 0.15) is 5.75 Å². The quantitative estimate of drug-likeness (QED) is 0.849. The fraction of sp³-hybridized carbons (Fsp3) is 0.400. The van der Waals surface area contributed by atoms with Gasteiger partial charge in [-0.2, -0.15) is 0 Å². The molecule has 0 bridgehead atoms. The molecule has 1 atom stereocenters. The summed E-state index contributed by atoms with van der Waals surface area (Å²) in [5.41, 5.74) is 6.00. The van der Waals surface area contributed by atoms with Crippen LogP contribution < -0.4 is 5.73 Å². The summed E-state index contributed by atoms with van der Waals surface area (Å²) in [4.78, 5) is 0. The summed E-state index contributed by atoms with van der Waals surface area (Å²) in [6.45, 7) is 1.84. The van der Waals surface area contributed by atoms with E-state index in [0.717, 1.165) is 0 Å². The Morgan fingerprint density at radius 3 is 2.47 bits per heavy atom. The van der Waals surface area contributed by atoms with Gasteiger partial charge in [0.05, 0.1) is 6.04 Å². The van der Waals surface area contributed by atoms with E-state index in [4.69, 9.17) is 5.73 Å². The second kappa shape index (κ2) is 5.88. The summed E-state index contributed by atoms with van der Waals surface area (Å²) >= 11 is 0. The second-order valence-electron chi connectivity index (χ2n) is 3.07. The van der Waals surface area contributed by atoms with Crippen molar-refractivity contribution in [2.24, 2.45) is 5.73 Å². The zero-order chi connectivity index (χ0) is 10.7. The lowest BCUT2D eigenvalue weighted by atomic mass is 10.0. The minimum Gasteiger partial charge on any atom is -0.507 e. The molecule has 15 heavy (non-hydrogen) atoms. The van der Waals surface area contributed by atoms with Crippen molar-refractivity contribution in [2.45, 2.75) is 25.8 Å². The highest BCUT2D eigenvalue weighted by Crippen LogP contribution is 2.29. The van der Waals surface area contributed by atoms with Crippen LogP contribution in [0.5, 0.6) is 5.75 Å². The fourth-order valence-electron chi connectivity index (χ4n) is 1.30. The van der Waals surface area contributed by atoms with Crippen molar-refractivity contribution in [3.8, 4) is 5.75 Å². The number of rotatable bonds is 3. The van der Waals surface area contributed by atoms with E-state index in [1.165, 1.54) is 6.07 Å². The van der Waals surface area contributed by atoms with Crippen LogP contribution in [-0.2, 0) is 6.42 Å². The first-order valence-corrected chi connectivity index (χ1v) is 4.42. The summed E-state index contributed by atoms with van der Waals surface area (Å²) in [5.74, 6) is -0.109. The van der Waals surface area contributed by atoms with Crippen LogP contribution in [0.1, 0.15) is 24.1 Å². The first kappa shape index (κ1) is 14.1. The molecule has 0 aliphatic rings. The maximum Gasteiger partial charge on any atom is 0.257 e. The number of phenols is 1. The van der Waals surface area contributed by atoms with Crippen molar-refractivity contribution in [3.05, 3.63) is 29.3 Å². The number of hydrogen-bond donors (Lipinski definition) is 2. The normalized spacial score (nSPS) is 12.3. The summed E-state index contributed by atoms with van der Waals surface area (Å²) in [6, 6.07) is 3.32. The van der Waals surface area contributed by atoms with Gasteiger partial charge in [0.2, 0.25) is 0 Å². The molecule has 0 aliphatic heterocycles. The van der Waals surface area contributed by atoms with E-state index >= 15 is 0 Å². The Kier molecular flexibility index (Phi) is 5.54. The second-order valence-corrected chi connectivity index (χ2v) is 3.07. The van der Waals surface area contributed by atoms with Crippen LogP contribution in [0.2, 0.25) is 0 Å². The molecule has 0 aliphatic carbocycles. The van der Waals surface area contributed by atoms with Gasteiger partial charge in [-0.1, -0.05) is 25.1 Å². The average Bonchev–Trinajstić information content (AvgIpc) is 2.17. The Morgan fingerprint density at radius 2 is 2.00 bits per heavy atom. The van der Waals surface area contributed by atoms with E-state index in [1.54, 1.807) is 12.1 Å². The molecule has 1 rings (SSSR count). The molecular weight excluding hydrogens is 224 g/mol. The Morgan fingerprint density at radius 1 is 1.40 bits per heavy atom. The standard InChI is InChI=1S/C10H13F2NO.ClH/c1-2-6-4-3-5-7(9(6)14)8(13)10(11)12;/h3-5,8,10,14H,2,13H2,1H3;1H/t8-;/m1./s1. The number of alkyl halides is 2. The van der Waals surface area contributed by atoms with Gasteiger partial charge in [-0.25, -0.2) is 8.78 Å². The SMILES string of the molecule is CCc1cccc([C@@H](N)C(F)F)c1O.Cl. The lowest BCUT2D eigenvalue weighted by molar-refractivity contribution is 0.115. The first-order valence-electron chi connectivity index (χ1n) is 4.42. The minimum absolute atomic E-state index is 0. The Hall–Kier alpha value is -0.870. The number of hydrogen-bond acceptors (Lipinski definition) is 2. The molecule has 0 heterocycles.